The second kappa shape index (κ2) is 6.00. The zero-order valence-electron chi connectivity index (χ0n) is 13.3. The molecule has 23 heavy (non-hydrogen) atoms. The van der Waals surface area contributed by atoms with Gasteiger partial charge < -0.3 is 5.32 Å². The van der Waals surface area contributed by atoms with Gasteiger partial charge in [-0.3, -0.25) is 19.4 Å². The first-order chi connectivity index (χ1) is 11.0. The Balaban J connectivity index is 1.86. The number of pyridine rings is 1. The van der Waals surface area contributed by atoms with Crippen molar-refractivity contribution in [2.24, 2.45) is 7.05 Å². The Bertz CT molecular complexity index is 922. The van der Waals surface area contributed by atoms with Gasteiger partial charge in [0.25, 0.3) is 5.56 Å². The third-order valence-corrected chi connectivity index (χ3v) is 4.83. The molecule has 7 heteroatoms. The SMILES string of the molecule is Cc1nc2c(c(C)c1CC(=O)NCc1cccs1)c(=O)[nH]n2C. The van der Waals surface area contributed by atoms with Crippen LogP contribution in [0.1, 0.15) is 21.7 Å². The summed E-state index contributed by atoms with van der Waals surface area (Å²) >= 11 is 1.61. The van der Waals surface area contributed by atoms with Gasteiger partial charge in [-0.05, 0) is 36.4 Å². The molecule has 0 fully saturated rings. The van der Waals surface area contributed by atoms with E-state index in [0.717, 1.165) is 21.7 Å². The highest BCUT2D eigenvalue weighted by molar-refractivity contribution is 7.09. The van der Waals surface area contributed by atoms with Crippen LogP contribution in [0.4, 0.5) is 0 Å². The summed E-state index contributed by atoms with van der Waals surface area (Å²) in [6.45, 7) is 4.26. The molecule has 0 bridgehead atoms. The van der Waals surface area contributed by atoms with Crippen molar-refractivity contribution in [3.63, 3.8) is 0 Å². The van der Waals surface area contributed by atoms with Gasteiger partial charge >= 0.3 is 0 Å². The zero-order chi connectivity index (χ0) is 16.6. The van der Waals surface area contributed by atoms with E-state index in [4.69, 9.17) is 0 Å². The highest BCUT2D eigenvalue weighted by Crippen LogP contribution is 2.20. The number of fused-ring (bicyclic) bond motifs is 1. The molecule has 2 N–H and O–H groups in total. The van der Waals surface area contributed by atoms with E-state index in [1.54, 1.807) is 23.1 Å². The van der Waals surface area contributed by atoms with E-state index in [2.05, 4.69) is 15.4 Å². The number of hydrogen-bond donors (Lipinski definition) is 2. The lowest BCUT2D eigenvalue weighted by molar-refractivity contribution is -0.120. The minimum atomic E-state index is -0.173. The number of rotatable bonds is 4. The third kappa shape index (κ3) is 2.92. The molecule has 1 amide bonds. The molecule has 3 heterocycles. The number of nitrogens with one attached hydrogen (secondary N) is 2. The summed E-state index contributed by atoms with van der Waals surface area (Å²) < 4.78 is 1.61. The number of carbonyl (C=O) groups excluding carboxylic acids is 1. The molecule has 0 aliphatic carbocycles. The fraction of sp³-hybridized carbons (Fsp3) is 0.312. The van der Waals surface area contributed by atoms with Crippen LogP contribution in [-0.4, -0.2) is 20.7 Å². The number of aromatic amines is 1. The first kappa shape index (κ1) is 15.5. The molecule has 0 spiro atoms. The van der Waals surface area contributed by atoms with Gasteiger partial charge in [0.2, 0.25) is 5.91 Å². The maximum Gasteiger partial charge on any atom is 0.273 e. The molecule has 0 unspecified atom stereocenters. The number of aryl methyl sites for hydroxylation is 3. The summed E-state index contributed by atoms with van der Waals surface area (Å²) in [5.74, 6) is -0.0712. The molecule has 3 rings (SSSR count). The fourth-order valence-corrected chi connectivity index (χ4v) is 3.37. The van der Waals surface area contributed by atoms with Crippen molar-refractivity contribution in [1.82, 2.24) is 20.1 Å². The van der Waals surface area contributed by atoms with Crippen molar-refractivity contribution < 1.29 is 4.79 Å². The van der Waals surface area contributed by atoms with Crippen LogP contribution in [0.3, 0.4) is 0 Å². The molecular formula is C16H18N4O2S. The number of H-pyrrole nitrogens is 1. The van der Waals surface area contributed by atoms with Crippen LogP contribution in [0.25, 0.3) is 11.0 Å². The summed E-state index contributed by atoms with van der Waals surface area (Å²) in [5, 5.41) is 8.15. The van der Waals surface area contributed by atoms with Gasteiger partial charge in [-0.1, -0.05) is 6.07 Å². The van der Waals surface area contributed by atoms with E-state index in [-0.39, 0.29) is 17.9 Å². The van der Waals surface area contributed by atoms with E-state index in [9.17, 15) is 9.59 Å². The average Bonchev–Trinajstić information content (AvgIpc) is 3.10. The van der Waals surface area contributed by atoms with Gasteiger partial charge in [-0.2, -0.15) is 0 Å². The third-order valence-electron chi connectivity index (χ3n) is 3.95. The van der Waals surface area contributed by atoms with Crippen molar-refractivity contribution in [1.29, 1.82) is 0 Å². The molecule has 3 aromatic heterocycles. The topological polar surface area (TPSA) is 79.8 Å². The Morgan fingerprint density at radius 2 is 2.22 bits per heavy atom. The van der Waals surface area contributed by atoms with Gasteiger partial charge in [0.15, 0.2) is 5.65 Å². The van der Waals surface area contributed by atoms with E-state index in [1.165, 1.54) is 0 Å². The van der Waals surface area contributed by atoms with Crippen molar-refractivity contribution >= 4 is 28.3 Å². The predicted molar refractivity (Wildman–Crippen MR) is 90.7 cm³/mol. The van der Waals surface area contributed by atoms with E-state index in [0.29, 0.717) is 17.6 Å². The Kier molecular flexibility index (Phi) is 4.04. The number of nitrogens with zero attached hydrogens (tertiary/aromatic N) is 2. The Morgan fingerprint density at radius 3 is 2.91 bits per heavy atom. The van der Waals surface area contributed by atoms with E-state index < -0.39 is 0 Å². The monoisotopic (exact) mass is 330 g/mol. The Hall–Kier alpha value is -2.41. The lowest BCUT2D eigenvalue weighted by Crippen LogP contribution is -2.25. The van der Waals surface area contributed by atoms with Gasteiger partial charge in [0.05, 0.1) is 18.4 Å². The number of aromatic nitrogens is 3. The first-order valence-corrected chi connectivity index (χ1v) is 8.19. The van der Waals surface area contributed by atoms with Crippen LogP contribution < -0.4 is 10.9 Å². The number of carbonyl (C=O) groups is 1. The van der Waals surface area contributed by atoms with Crippen LogP contribution in [0.15, 0.2) is 22.3 Å². The summed E-state index contributed by atoms with van der Waals surface area (Å²) in [7, 11) is 1.75. The molecule has 0 saturated carbocycles. The lowest BCUT2D eigenvalue weighted by Gasteiger charge is -2.10. The molecule has 0 saturated heterocycles. The quantitative estimate of drug-likeness (QED) is 0.765. The fourth-order valence-electron chi connectivity index (χ4n) is 2.73. The molecule has 6 nitrogen and oxygen atoms in total. The van der Waals surface area contributed by atoms with Crippen LogP contribution in [0, 0.1) is 13.8 Å². The number of thiophene rings is 1. The summed E-state index contributed by atoms with van der Waals surface area (Å²) in [6.07, 6.45) is 0.223. The second-order valence-corrected chi connectivity index (χ2v) is 6.56. The van der Waals surface area contributed by atoms with Crippen molar-refractivity contribution in [3.05, 3.63) is 49.6 Å². The van der Waals surface area contributed by atoms with Crippen molar-refractivity contribution in [3.8, 4) is 0 Å². The summed E-state index contributed by atoms with van der Waals surface area (Å²) in [4.78, 5) is 29.8. The standard InChI is InChI=1S/C16H18N4O2S/c1-9-12(7-13(21)17-8-11-5-4-6-23-11)10(2)18-15-14(9)16(22)19-20(15)3/h4-6H,7-8H2,1-3H3,(H,17,21)(H,19,22). The normalized spacial score (nSPS) is 11.1. The largest absolute Gasteiger partial charge is 0.351 e. The van der Waals surface area contributed by atoms with Crippen LogP contribution in [0.5, 0.6) is 0 Å². The predicted octanol–water partition coefficient (Wildman–Crippen LogP) is 1.80. The van der Waals surface area contributed by atoms with Crippen molar-refractivity contribution in [2.45, 2.75) is 26.8 Å². The lowest BCUT2D eigenvalue weighted by atomic mass is 10.0. The van der Waals surface area contributed by atoms with Crippen molar-refractivity contribution in [2.75, 3.05) is 0 Å². The van der Waals surface area contributed by atoms with Gasteiger partial charge in [-0.25, -0.2) is 4.98 Å². The molecule has 0 atom stereocenters. The van der Waals surface area contributed by atoms with Crippen LogP contribution in [0.2, 0.25) is 0 Å². The maximum atomic E-state index is 12.2. The molecular weight excluding hydrogens is 312 g/mol. The van der Waals surface area contributed by atoms with E-state index in [1.807, 2.05) is 31.4 Å². The molecule has 120 valence electrons. The van der Waals surface area contributed by atoms with Gasteiger partial charge in [-0.15, -0.1) is 11.3 Å². The smallest absolute Gasteiger partial charge is 0.273 e. The summed E-state index contributed by atoms with van der Waals surface area (Å²) in [5.41, 5.74) is 2.86. The van der Waals surface area contributed by atoms with Gasteiger partial charge in [0.1, 0.15) is 0 Å². The maximum absolute atomic E-state index is 12.2. The van der Waals surface area contributed by atoms with Crippen LogP contribution in [-0.2, 0) is 24.8 Å². The Morgan fingerprint density at radius 1 is 1.43 bits per heavy atom. The first-order valence-electron chi connectivity index (χ1n) is 7.31. The number of amides is 1. The molecule has 0 aliphatic rings. The molecule has 0 aromatic carbocycles. The van der Waals surface area contributed by atoms with E-state index >= 15 is 0 Å². The minimum absolute atomic E-state index is 0.0712. The Labute approximate surface area is 137 Å². The molecule has 0 radical (unpaired) electrons. The van der Waals surface area contributed by atoms with Crippen LogP contribution >= 0.6 is 11.3 Å². The highest BCUT2D eigenvalue weighted by Gasteiger charge is 2.17. The zero-order valence-corrected chi connectivity index (χ0v) is 14.1. The summed E-state index contributed by atoms with van der Waals surface area (Å²) in [6, 6.07) is 3.94. The van der Waals surface area contributed by atoms with Gasteiger partial charge in [0, 0.05) is 17.6 Å². The number of hydrogen-bond acceptors (Lipinski definition) is 4. The molecule has 0 aliphatic heterocycles. The second-order valence-electron chi connectivity index (χ2n) is 5.53. The molecule has 3 aromatic rings. The highest BCUT2D eigenvalue weighted by atomic mass is 32.1. The average molecular weight is 330 g/mol. The minimum Gasteiger partial charge on any atom is -0.351 e.